The van der Waals surface area contributed by atoms with Gasteiger partial charge in [0.25, 0.3) is 10.0 Å². The van der Waals surface area contributed by atoms with Crippen LogP contribution in [-0.4, -0.2) is 13.4 Å². The molecule has 0 spiro atoms. The summed E-state index contributed by atoms with van der Waals surface area (Å²) in [5.41, 5.74) is 0.385. The summed E-state index contributed by atoms with van der Waals surface area (Å²) >= 11 is 0. The lowest BCUT2D eigenvalue weighted by atomic mass is 10.1. The topological polar surface area (TPSA) is 82.9 Å². The van der Waals surface area contributed by atoms with Crippen LogP contribution >= 0.6 is 0 Å². The van der Waals surface area contributed by atoms with Gasteiger partial charge in [0, 0.05) is 6.20 Å². The Labute approximate surface area is 122 Å². The van der Waals surface area contributed by atoms with Gasteiger partial charge in [-0.05, 0) is 29.8 Å². The van der Waals surface area contributed by atoms with Crippen molar-refractivity contribution in [2.45, 2.75) is 17.5 Å². The second-order valence-electron chi connectivity index (χ2n) is 4.26. The highest BCUT2D eigenvalue weighted by atomic mass is 32.2. The average molecular weight is 305 g/mol. The Morgan fingerprint density at radius 2 is 2.10 bits per heavy atom. The Morgan fingerprint density at radius 3 is 2.71 bits per heavy atom. The second kappa shape index (κ2) is 6.43. The molecule has 0 aliphatic carbocycles. The normalized spacial score (nSPS) is 12.6. The van der Waals surface area contributed by atoms with E-state index in [2.05, 4.69) is 9.71 Å². The van der Waals surface area contributed by atoms with Gasteiger partial charge in [-0.1, -0.05) is 18.2 Å². The van der Waals surface area contributed by atoms with Gasteiger partial charge in [0.15, 0.2) is 5.03 Å². The third-order valence-corrected chi connectivity index (χ3v) is 4.14. The van der Waals surface area contributed by atoms with Crippen molar-refractivity contribution >= 4 is 10.0 Å². The van der Waals surface area contributed by atoms with E-state index in [-0.39, 0.29) is 11.4 Å². The third kappa shape index (κ3) is 3.84. The van der Waals surface area contributed by atoms with E-state index in [4.69, 9.17) is 5.26 Å². The molecule has 1 atom stereocenters. The Morgan fingerprint density at radius 1 is 1.29 bits per heavy atom. The largest absolute Gasteiger partial charge is 0.258 e. The van der Waals surface area contributed by atoms with E-state index in [1.807, 2.05) is 6.07 Å². The van der Waals surface area contributed by atoms with Crippen LogP contribution in [-0.2, 0) is 10.0 Å². The van der Waals surface area contributed by atoms with E-state index < -0.39 is 21.9 Å². The maximum atomic E-state index is 13.3. The number of sulfonamides is 1. The standard InChI is InChI=1S/C14H12FN3O2S/c15-12-5-3-4-11(10-12)13(7-8-16)18-21(19,20)14-6-1-2-9-17-14/h1-6,9-10,13,18H,7H2. The van der Waals surface area contributed by atoms with Crippen LogP contribution in [0.2, 0.25) is 0 Å². The molecular weight excluding hydrogens is 293 g/mol. The smallest absolute Gasteiger partial charge is 0.243 e. The number of aromatic nitrogens is 1. The zero-order valence-corrected chi connectivity index (χ0v) is 11.7. The molecule has 1 heterocycles. The first-order valence-corrected chi connectivity index (χ1v) is 7.57. The first-order valence-electron chi connectivity index (χ1n) is 6.09. The van der Waals surface area contributed by atoms with Crippen molar-refractivity contribution < 1.29 is 12.8 Å². The van der Waals surface area contributed by atoms with Crippen LogP contribution in [0.1, 0.15) is 18.0 Å². The summed E-state index contributed by atoms with van der Waals surface area (Å²) < 4.78 is 40.0. The lowest BCUT2D eigenvalue weighted by molar-refractivity contribution is 0.552. The maximum absolute atomic E-state index is 13.3. The van der Waals surface area contributed by atoms with E-state index in [0.29, 0.717) is 5.56 Å². The van der Waals surface area contributed by atoms with Crippen molar-refractivity contribution in [2.75, 3.05) is 0 Å². The Hall–Kier alpha value is -2.30. The molecule has 0 saturated carbocycles. The second-order valence-corrected chi connectivity index (χ2v) is 5.92. The maximum Gasteiger partial charge on any atom is 0.258 e. The molecule has 108 valence electrons. The van der Waals surface area contributed by atoms with Crippen molar-refractivity contribution in [3.8, 4) is 6.07 Å². The van der Waals surface area contributed by atoms with Gasteiger partial charge < -0.3 is 0 Å². The van der Waals surface area contributed by atoms with Gasteiger partial charge in [-0.15, -0.1) is 0 Å². The zero-order chi connectivity index (χ0) is 15.3. The first kappa shape index (κ1) is 15.1. The van der Waals surface area contributed by atoms with Crippen molar-refractivity contribution in [3.63, 3.8) is 0 Å². The minimum Gasteiger partial charge on any atom is -0.243 e. The molecule has 0 fully saturated rings. The number of nitrogens with zero attached hydrogens (tertiary/aromatic N) is 2. The number of benzene rings is 1. The summed E-state index contributed by atoms with van der Waals surface area (Å²) in [6.45, 7) is 0. The van der Waals surface area contributed by atoms with Gasteiger partial charge >= 0.3 is 0 Å². The summed E-state index contributed by atoms with van der Waals surface area (Å²) in [4.78, 5) is 3.77. The quantitative estimate of drug-likeness (QED) is 0.917. The van der Waals surface area contributed by atoms with Crippen LogP contribution < -0.4 is 4.72 Å². The highest BCUT2D eigenvalue weighted by Gasteiger charge is 2.22. The molecule has 1 unspecified atom stereocenters. The molecule has 1 N–H and O–H groups in total. The van der Waals surface area contributed by atoms with E-state index in [0.717, 1.165) is 0 Å². The average Bonchev–Trinajstić information content (AvgIpc) is 2.47. The molecule has 5 nitrogen and oxygen atoms in total. The molecule has 0 aliphatic rings. The molecule has 0 bridgehead atoms. The molecule has 0 amide bonds. The van der Waals surface area contributed by atoms with Crippen molar-refractivity contribution in [2.24, 2.45) is 0 Å². The van der Waals surface area contributed by atoms with Crippen molar-refractivity contribution in [1.29, 1.82) is 5.26 Å². The molecular formula is C14H12FN3O2S. The molecule has 1 aromatic carbocycles. The Balaban J connectivity index is 2.31. The van der Waals surface area contributed by atoms with Crippen molar-refractivity contribution in [1.82, 2.24) is 9.71 Å². The van der Waals surface area contributed by atoms with Gasteiger partial charge in [0.2, 0.25) is 0 Å². The lowest BCUT2D eigenvalue weighted by Gasteiger charge is -2.16. The summed E-state index contributed by atoms with van der Waals surface area (Å²) in [7, 11) is -3.88. The predicted octanol–water partition coefficient (Wildman–Crippen LogP) is 2.15. The van der Waals surface area contributed by atoms with Crippen LogP contribution in [0.4, 0.5) is 4.39 Å². The molecule has 7 heteroatoms. The Bertz CT molecular complexity index is 757. The van der Waals surface area contributed by atoms with Gasteiger partial charge in [-0.3, -0.25) is 0 Å². The highest BCUT2D eigenvalue weighted by molar-refractivity contribution is 7.89. The fourth-order valence-corrected chi connectivity index (χ4v) is 2.97. The van der Waals surface area contributed by atoms with Crippen LogP contribution in [0.25, 0.3) is 0 Å². The fourth-order valence-electron chi connectivity index (χ4n) is 1.80. The van der Waals surface area contributed by atoms with Gasteiger partial charge in [0.05, 0.1) is 18.5 Å². The molecule has 0 saturated heterocycles. The van der Waals surface area contributed by atoms with Crippen molar-refractivity contribution in [3.05, 3.63) is 60.0 Å². The minimum absolute atomic E-state index is 0.116. The number of pyridine rings is 1. The monoisotopic (exact) mass is 305 g/mol. The molecule has 0 radical (unpaired) electrons. The highest BCUT2D eigenvalue weighted by Crippen LogP contribution is 2.20. The molecule has 1 aromatic heterocycles. The molecule has 0 aliphatic heterocycles. The zero-order valence-electron chi connectivity index (χ0n) is 10.9. The predicted molar refractivity (Wildman–Crippen MR) is 73.9 cm³/mol. The van der Waals surface area contributed by atoms with E-state index in [9.17, 15) is 12.8 Å². The van der Waals surface area contributed by atoms with E-state index in [1.165, 1.54) is 30.5 Å². The van der Waals surface area contributed by atoms with Crippen LogP contribution in [0, 0.1) is 17.1 Å². The molecule has 2 rings (SSSR count). The third-order valence-electron chi connectivity index (χ3n) is 2.76. The first-order chi connectivity index (χ1) is 10.0. The number of hydrogen-bond acceptors (Lipinski definition) is 4. The van der Waals surface area contributed by atoms with E-state index >= 15 is 0 Å². The lowest BCUT2D eigenvalue weighted by Crippen LogP contribution is -2.29. The summed E-state index contributed by atoms with van der Waals surface area (Å²) in [6, 6.07) is 11.0. The number of nitriles is 1. The van der Waals surface area contributed by atoms with Gasteiger partial charge in [-0.2, -0.15) is 5.26 Å². The Kier molecular flexibility index (Phi) is 4.62. The van der Waals surface area contributed by atoms with Gasteiger partial charge in [0.1, 0.15) is 5.82 Å². The number of hydrogen-bond donors (Lipinski definition) is 1. The summed E-state index contributed by atoms with van der Waals surface area (Å²) in [5.74, 6) is -0.493. The van der Waals surface area contributed by atoms with Crippen LogP contribution in [0.5, 0.6) is 0 Å². The molecule has 2 aromatic rings. The van der Waals surface area contributed by atoms with Gasteiger partial charge in [-0.25, -0.2) is 22.5 Å². The number of halogens is 1. The van der Waals surface area contributed by atoms with E-state index in [1.54, 1.807) is 18.2 Å². The number of rotatable bonds is 5. The molecule has 21 heavy (non-hydrogen) atoms. The minimum atomic E-state index is -3.88. The van der Waals surface area contributed by atoms with Crippen LogP contribution in [0.15, 0.2) is 53.7 Å². The van der Waals surface area contributed by atoms with Crippen LogP contribution in [0.3, 0.4) is 0 Å². The number of nitrogens with one attached hydrogen (secondary N) is 1. The summed E-state index contributed by atoms with van der Waals surface area (Å²) in [5, 5.41) is 8.69. The fraction of sp³-hybridized carbons (Fsp3) is 0.143. The SMILES string of the molecule is N#CCC(NS(=O)(=O)c1ccccn1)c1cccc(F)c1. The summed E-state index contributed by atoms with van der Waals surface area (Å²) in [6.07, 6.45) is 1.24.